The molecule has 0 saturated carbocycles. The smallest absolute Gasteiger partial charge is 0.317 e. The van der Waals surface area contributed by atoms with E-state index in [1.165, 1.54) is 36.2 Å². The molecule has 0 aliphatic carbocycles. The molecule has 3 atom stereocenters. The number of hydrogen-bond donors (Lipinski definition) is 0. The number of carbonyl (C=O) groups is 1. The normalized spacial score (nSPS) is 20.8. The molecule has 2 bridgehead atoms. The van der Waals surface area contributed by atoms with Gasteiger partial charge in [0.2, 0.25) is 5.72 Å². The van der Waals surface area contributed by atoms with E-state index < -0.39 is 35.3 Å². The fourth-order valence-corrected chi connectivity index (χ4v) is 6.43. The molecule has 0 fully saturated rings. The van der Waals surface area contributed by atoms with E-state index in [1.807, 2.05) is 18.2 Å². The second kappa shape index (κ2) is 10.2. The number of carbonyl (C=O) groups excluding carboxylic acids is 1. The molecule has 3 aromatic carbocycles. The van der Waals surface area contributed by atoms with Crippen molar-refractivity contribution in [2.75, 3.05) is 14.2 Å². The van der Waals surface area contributed by atoms with Crippen LogP contribution < -0.4 is 29.1 Å². The summed E-state index contributed by atoms with van der Waals surface area (Å²) in [5.41, 5.74) is 0.373. The van der Waals surface area contributed by atoms with Crippen LogP contribution in [0.25, 0.3) is 6.08 Å². The van der Waals surface area contributed by atoms with E-state index >= 15 is 0 Å². The van der Waals surface area contributed by atoms with Gasteiger partial charge in [0.05, 0.1) is 24.8 Å². The average Bonchev–Trinajstić information content (AvgIpc) is 3.24. The highest BCUT2D eigenvalue weighted by molar-refractivity contribution is 7.07. The minimum Gasteiger partial charge on any atom is -0.496 e. The van der Waals surface area contributed by atoms with Gasteiger partial charge in [-0.3, -0.25) is 14.2 Å². The van der Waals surface area contributed by atoms with E-state index in [9.17, 15) is 18.4 Å². The Kier molecular flexibility index (Phi) is 6.61. The minimum atomic E-state index is -1.26. The third kappa shape index (κ3) is 4.55. The first-order valence-corrected chi connectivity index (χ1v) is 13.5. The molecule has 2 aliphatic heterocycles. The molecule has 1 aromatic heterocycles. The van der Waals surface area contributed by atoms with E-state index in [4.69, 9.17) is 23.9 Å². The third-order valence-corrected chi connectivity index (χ3v) is 8.20. The van der Waals surface area contributed by atoms with Gasteiger partial charge in [0, 0.05) is 17.2 Å². The predicted octanol–water partition coefficient (Wildman–Crippen LogP) is 3.72. The van der Waals surface area contributed by atoms with E-state index in [0.29, 0.717) is 37.5 Å². The van der Waals surface area contributed by atoms with Crippen molar-refractivity contribution in [1.29, 1.82) is 0 Å². The number of thiazole rings is 1. The number of para-hydroxylation sites is 1. The lowest BCUT2D eigenvalue weighted by Gasteiger charge is -2.44. The molecule has 6 rings (SSSR count). The number of ether oxygens (including phenoxy) is 4. The van der Waals surface area contributed by atoms with Gasteiger partial charge >= 0.3 is 5.97 Å². The van der Waals surface area contributed by atoms with Crippen LogP contribution in [0.3, 0.4) is 0 Å². The molecule has 0 amide bonds. The van der Waals surface area contributed by atoms with Crippen LogP contribution in [0.15, 0.2) is 70.5 Å². The Labute approximate surface area is 236 Å². The Morgan fingerprint density at radius 1 is 1.12 bits per heavy atom. The molecule has 0 spiro atoms. The van der Waals surface area contributed by atoms with Crippen LogP contribution in [0, 0.1) is 17.6 Å². The van der Waals surface area contributed by atoms with Gasteiger partial charge in [0.25, 0.3) is 5.56 Å². The molecule has 41 heavy (non-hydrogen) atoms. The highest BCUT2D eigenvalue weighted by Crippen LogP contribution is 2.47. The van der Waals surface area contributed by atoms with Gasteiger partial charge in [-0.2, -0.15) is 0 Å². The zero-order valence-electron chi connectivity index (χ0n) is 22.2. The van der Waals surface area contributed by atoms with Gasteiger partial charge in [-0.15, -0.1) is 0 Å². The van der Waals surface area contributed by atoms with Crippen LogP contribution in [0.4, 0.5) is 8.78 Å². The summed E-state index contributed by atoms with van der Waals surface area (Å²) in [6, 6.07) is 14.9. The number of halogens is 2. The molecule has 8 nitrogen and oxygen atoms in total. The summed E-state index contributed by atoms with van der Waals surface area (Å²) in [5.74, 6) is -1.97. The van der Waals surface area contributed by atoms with Crippen molar-refractivity contribution >= 4 is 23.4 Å². The number of esters is 1. The van der Waals surface area contributed by atoms with Gasteiger partial charge in [-0.1, -0.05) is 35.6 Å². The summed E-state index contributed by atoms with van der Waals surface area (Å²) >= 11 is 1.19. The van der Waals surface area contributed by atoms with Gasteiger partial charge in [0.1, 0.15) is 29.8 Å². The predicted molar refractivity (Wildman–Crippen MR) is 146 cm³/mol. The number of benzene rings is 3. The van der Waals surface area contributed by atoms with E-state index in [0.717, 1.165) is 12.1 Å². The molecule has 3 unspecified atom stereocenters. The first kappa shape index (κ1) is 26.7. The monoisotopic (exact) mass is 578 g/mol. The van der Waals surface area contributed by atoms with Crippen molar-refractivity contribution < 1.29 is 32.5 Å². The molecule has 0 saturated heterocycles. The minimum absolute atomic E-state index is 0.0575. The van der Waals surface area contributed by atoms with Crippen LogP contribution >= 0.6 is 11.3 Å². The van der Waals surface area contributed by atoms with E-state index in [1.54, 1.807) is 37.3 Å². The molecular formula is C30H24F2N2O6S. The average molecular weight is 579 g/mol. The second-order valence-electron chi connectivity index (χ2n) is 9.76. The lowest BCUT2D eigenvalue weighted by molar-refractivity contribution is -0.158. The summed E-state index contributed by atoms with van der Waals surface area (Å²) < 4.78 is 51.6. The maximum absolute atomic E-state index is 14.1. The van der Waals surface area contributed by atoms with Crippen molar-refractivity contribution in [3.63, 3.8) is 0 Å². The first-order chi connectivity index (χ1) is 19.7. The Hall–Kier alpha value is -4.51. The molecule has 2 aliphatic rings. The summed E-state index contributed by atoms with van der Waals surface area (Å²) in [6.07, 6.45) is 1.71. The largest absolute Gasteiger partial charge is 0.496 e. The van der Waals surface area contributed by atoms with Crippen molar-refractivity contribution in [3.05, 3.63) is 109 Å². The van der Waals surface area contributed by atoms with E-state index in [2.05, 4.69) is 0 Å². The second-order valence-corrected chi connectivity index (χ2v) is 10.8. The van der Waals surface area contributed by atoms with E-state index in [-0.39, 0.29) is 17.9 Å². The van der Waals surface area contributed by atoms with Crippen LogP contribution in [0.5, 0.6) is 17.2 Å². The fourth-order valence-electron chi connectivity index (χ4n) is 5.33. The molecular weight excluding hydrogens is 554 g/mol. The fraction of sp³-hybridized carbons (Fsp3) is 0.233. The number of methoxy groups -OCH3 is 2. The molecule has 4 aromatic rings. The molecule has 0 radical (unpaired) electrons. The van der Waals surface area contributed by atoms with Crippen LogP contribution in [0.2, 0.25) is 0 Å². The summed E-state index contributed by atoms with van der Waals surface area (Å²) in [5, 5.41) is 0. The van der Waals surface area contributed by atoms with Crippen LogP contribution in [0.1, 0.15) is 29.7 Å². The SMILES string of the molecule is COC(=O)C1C2c3ccccc3OC1(C)N=c1s/c(=C/c3ccc(OC)c(COc4ccc(F)cc4F)c3)c(=O)n12. The van der Waals surface area contributed by atoms with Gasteiger partial charge in [-0.05, 0) is 48.9 Å². The Morgan fingerprint density at radius 2 is 1.90 bits per heavy atom. The van der Waals surface area contributed by atoms with Crippen LogP contribution in [-0.4, -0.2) is 30.5 Å². The maximum Gasteiger partial charge on any atom is 0.317 e. The highest BCUT2D eigenvalue weighted by Gasteiger charge is 2.55. The highest BCUT2D eigenvalue weighted by atomic mass is 32.1. The quantitative estimate of drug-likeness (QED) is 0.324. The third-order valence-electron chi connectivity index (χ3n) is 7.21. The number of aromatic nitrogens is 1. The molecule has 210 valence electrons. The maximum atomic E-state index is 14.1. The molecule has 11 heteroatoms. The number of rotatable bonds is 6. The van der Waals surface area contributed by atoms with Crippen molar-refractivity contribution in [1.82, 2.24) is 4.57 Å². The first-order valence-electron chi connectivity index (χ1n) is 12.7. The number of hydrogen-bond acceptors (Lipinski definition) is 8. The Morgan fingerprint density at radius 3 is 2.66 bits per heavy atom. The van der Waals surface area contributed by atoms with Crippen molar-refractivity contribution in [2.24, 2.45) is 10.9 Å². The standard InChI is InChI=1S/C30H24F2N2O6S/c1-30-25(28(36)38-3)26(19-6-4-5-7-22(19)40-30)34-27(35)24(41-29(34)33-30)13-16-8-10-21(37-2)17(12-16)15-39-23-11-9-18(31)14-20(23)32/h4-14,25-26H,15H2,1-3H3/b24-13+. The van der Waals surface area contributed by atoms with Crippen molar-refractivity contribution in [2.45, 2.75) is 25.3 Å². The molecule has 3 heterocycles. The van der Waals surface area contributed by atoms with Crippen molar-refractivity contribution in [3.8, 4) is 17.2 Å². The topological polar surface area (TPSA) is 88.4 Å². The van der Waals surface area contributed by atoms with Gasteiger partial charge in [0.15, 0.2) is 16.4 Å². The zero-order chi connectivity index (χ0) is 28.9. The lowest BCUT2D eigenvalue weighted by atomic mass is 9.81. The van der Waals surface area contributed by atoms with Gasteiger partial charge < -0.3 is 18.9 Å². The Bertz CT molecular complexity index is 1870. The molecule has 0 N–H and O–H groups in total. The van der Waals surface area contributed by atoms with Crippen LogP contribution in [-0.2, 0) is 16.1 Å². The number of fused-ring (bicyclic) bond motifs is 6. The summed E-state index contributed by atoms with van der Waals surface area (Å²) in [4.78, 5) is 32.0. The van der Waals surface area contributed by atoms with Gasteiger partial charge in [-0.25, -0.2) is 13.8 Å². The zero-order valence-corrected chi connectivity index (χ0v) is 23.0. The summed E-state index contributed by atoms with van der Waals surface area (Å²) in [6.45, 7) is 1.66. The summed E-state index contributed by atoms with van der Waals surface area (Å²) in [7, 11) is 2.80. The Balaban J connectivity index is 1.43. The lowest BCUT2D eigenvalue weighted by Crippen LogP contribution is -2.58. The number of nitrogens with zero attached hydrogens (tertiary/aromatic N) is 2.